The molecule has 0 atom stereocenters. The second-order valence-electron chi connectivity index (χ2n) is 3.26. The van der Waals surface area contributed by atoms with Crippen LogP contribution in [0.4, 0.5) is 0 Å². The Bertz CT molecular complexity index is 206. The Morgan fingerprint density at radius 2 is 1.92 bits per heavy atom. The van der Waals surface area contributed by atoms with Gasteiger partial charge in [-0.05, 0) is 51.2 Å². The van der Waals surface area contributed by atoms with E-state index in [1.165, 1.54) is 12.0 Å². The largest absolute Gasteiger partial charge is 0.309 e. The summed E-state index contributed by atoms with van der Waals surface area (Å²) in [4.78, 5) is 6.19. The smallest absolute Gasteiger partial charge is 0.0270 e. The summed E-state index contributed by atoms with van der Waals surface area (Å²) in [5.41, 5.74) is 1.38. The van der Waals surface area contributed by atoms with Crippen LogP contribution in [0.3, 0.4) is 0 Å². The molecule has 1 aromatic rings. The number of hydrogen-bond donors (Lipinski definition) is 0. The third-order valence-electron chi connectivity index (χ3n) is 1.82. The second-order valence-corrected chi connectivity index (χ2v) is 3.26. The molecule has 0 aliphatic heterocycles. The van der Waals surface area contributed by atoms with E-state index in [9.17, 15) is 0 Å². The van der Waals surface area contributed by atoms with Crippen LogP contribution in [-0.4, -0.2) is 30.5 Å². The lowest BCUT2D eigenvalue weighted by molar-refractivity contribution is 0.400. The molecule has 0 unspecified atom stereocenters. The Morgan fingerprint density at radius 3 is 2.50 bits per heavy atom. The highest BCUT2D eigenvalue weighted by Gasteiger charge is 1.92. The van der Waals surface area contributed by atoms with E-state index in [0.717, 1.165) is 13.0 Å². The molecule has 0 aliphatic rings. The highest BCUT2D eigenvalue weighted by atomic mass is 15.0. The van der Waals surface area contributed by atoms with Crippen LogP contribution in [0.25, 0.3) is 0 Å². The molecule has 0 amide bonds. The maximum Gasteiger partial charge on any atom is 0.0270 e. The number of nitrogens with zero attached hydrogens (tertiary/aromatic N) is 2. The van der Waals surface area contributed by atoms with Gasteiger partial charge in [0.1, 0.15) is 0 Å². The average molecular weight is 164 g/mol. The lowest BCUT2D eigenvalue weighted by Gasteiger charge is -2.08. The van der Waals surface area contributed by atoms with Crippen molar-refractivity contribution in [2.75, 3.05) is 20.6 Å². The van der Waals surface area contributed by atoms with Gasteiger partial charge >= 0.3 is 0 Å². The summed E-state index contributed by atoms with van der Waals surface area (Å²) in [7, 11) is 4.21. The molecular weight excluding hydrogens is 148 g/mol. The molecule has 0 aromatic carbocycles. The number of aromatic nitrogens is 1. The first-order valence-electron chi connectivity index (χ1n) is 4.32. The van der Waals surface area contributed by atoms with Gasteiger partial charge in [0.05, 0.1) is 0 Å². The number of pyridine rings is 1. The van der Waals surface area contributed by atoms with E-state index in [1.54, 1.807) is 0 Å². The van der Waals surface area contributed by atoms with Gasteiger partial charge in [0.2, 0.25) is 0 Å². The van der Waals surface area contributed by atoms with Crippen LogP contribution in [0.15, 0.2) is 24.5 Å². The van der Waals surface area contributed by atoms with Gasteiger partial charge in [-0.15, -0.1) is 0 Å². The van der Waals surface area contributed by atoms with Gasteiger partial charge in [0.25, 0.3) is 0 Å². The van der Waals surface area contributed by atoms with E-state index in [-0.39, 0.29) is 0 Å². The topological polar surface area (TPSA) is 16.1 Å². The molecule has 66 valence electrons. The summed E-state index contributed by atoms with van der Waals surface area (Å²) in [5.74, 6) is 0. The van der Waals surface area contributed by atoms with Crippen LogP contribution >= 0.6 is 0 Å². The molecule has 1 rings (SSSR count). The number of rotatable bonds is 4. The summed E-state index contributed by atoms with van der Waals surface area (Å²) in [6.07, 6.45) is 6.08. The van der Waals surface area contributed by atoms with Gasteiger partial charge in [0.15, 0.2) is 0 Å². The molecular formula is C10H16N2. The highest BCUT2D eigenvalue weighted by molar-refractivity contribution is 5.09. The lowest BCUT2D eigenvalue weighted by atomic mass is 10.1. The zero-order valence-electron chi connectivity index (χ0n) is 7.83. The molecule has 0 radical (unpaired) electrons. The van der Waals surface area contributed by atoms with E-state index in [1.807, 2.05) is 12.4 Å². The van der Waals surface area contributed by atoms with Gasteiger partial charge in [-0.2, -0.15) is 0 Å². The van der Waals surface area contributed by atoms with Crippen LogP contribution in [-0.2, 0) is 6.42 Å². The van der Waals surface area contributed by atoms with Gasteiger partial charge in [-0.1, -0.05) is 0 Å². The van der Waals surface area contributed by atoms with Crippen molar-refractivity contribution < 1.29 is 0 Å². The molecule has 0 aliphatic carbocycles. The Balaban J connectivity index is 2.25. The minimum Gasteiger partial charge on any atom is -0.309 e. The summed E-state index contributed by atoms with van der Waals surface area (Å²) in [5, 5.41) is 0. The third-order valence-corrected chi connectivity index (χ3v) is 1.82. The normalized spacial score (nSPS) is 10.6. The zero-order valence-corrected chi connectivity index (χ0v) is 7.83. The molecule has 1 heterocycles. The standard InChI is InChI=1S/C10H16N2/c1-12(2)9-3-4-10-5-7-11-8-6-10/h5-8H,3-4,9H2,1-2H3. The first-order chi connectivity index (χ1) is 5.79. The fourth-order valence-corrected chi connectivity index (χ4v) is 1.15. The van der Waals surface area contributed by atoms with Crippen LogP contribution < -0.4 is 0 Å². The van der Waals surface area contributed by atoms with Crippen LogP contribution in [0.2, 0.25) is 0 Å². The molecule has 2 nitrogen and oxygen atoms in total. The van der Waals surface area contributed by atoms with Crippen molar-refractivity contribution in [3.05, 3.63) is 30.1 Å². The molecule has 2 heteroatoms. The molecule has 0 bridgehead atoms. The molecule has 1 aromatic heterocycles. The maximum absolute atomic E-state index is 3.98. The first-order valence-corrected chi connectivity index (χ1v) is 4.32. The fourth-order valence-electron chi connectivity index (χ4n) is 1.15. The molecule has 0 saturated carbocycles. The van der Waals surface area contributed by atoms with Crippen molar-refractivity contribution >= 4 is 0 Å². The molecule has 0 saturated heterocycles. The Kier molecular flexibility index (Phi) is 3.74. The second kappa shape index (κ2) is 4.88. The van der Waals surface area contributed by atoms with Gasteiger partial charge in [-0.3, -0.25) is 4.98 Å². The number of hydrogen-bond acceptors (Lipinski definition) is 2. The van der Waals surface area contributed by atoms with Gasteiger partial charge in [-0.25, -0.2) is 0 Å². The van der Waals surface area contributed by atoms with E-state index in [0.29, 0.717) is 0 Å². The van der Waals surface area contributed by atoms with E-state index in [4.69, 9.17) is 0 Å². The maximum atomic E-state index is 3.98. The predicted octanol–water partition coefficient (Wildman–Crippen LogP) is 1.58. The number of aryl methyl sites for hydroxylation is 1. The van der Waals surface area contributed by atoms with Crippen LogP contribution in [0, 0.1) is 0 Å². The molecule has 0 spiro atoms. The SMILES string of the molecule is CN(C)CCCc1ccncc1. The quantitative estimate of drug-likeness (QED) is 0.671. The predicted molar refractivity (Wildman–Crippen MR) is 51.1 cm³/mol. The zero-order chi connectivity index (χ0) is 8.81. The summed E-state index contributed by atoms with van der Waals surface area (Å²) >= 11 is 0. The van der Waals surface area contributed by atoms with E-state index >= 15 is 0 Å². The van der Waals surface area contributed by atoms with Crippen molar-refractivity contribution in [1.29, 1.82) is 0 Å². The van der Waals surface area contributed by atoms with Gasteiger partial charge in [0, 0.05) is 12.4 Å². The van der Waals surface area contributed by atoms with Crippen molar-refractivity contribution in [3.8, 4) is 0 Å². The summed E-state index contributed by atoms with van der Waals surface area (Å²) < 4.78 is 0. The molecule has 12 heavy (non-hydrogen) atoms. The van der Waals surface area contributed by atoms with E-state index in [2.05, 4.69) is 36.1 Å². The Hall–Kier alpha value is -0.890. The molecule has 0 N–H and O–H groups in total. The van der Waals surface area contributed by atoms with Crippen LogP contribution in [0.5, 0.6) is 0 Å². The highest BCUT2D eigenvalue weighted by Crippen LogP contribution is 2.00. The van der Waals surface area contributed by atoms with Gasteiger partial charge < -0.3 is 4.90 Å². The van der Waals surface area contributed by atoms with E-state index < -0.39 is 0 Å². The van der Waals surface area contributed by atoms with Crippen molar-refractivity contribution in [3.63, 3.8) is 0 Å². The summed E-state index contributed by atoms with van der Waals surface area (Å²) in [6.45, 7) is 1.16. The van der Waals surface area contributed by atoms with Crippen molar-refractivity contribution in [1.82, 2.24) is 9.88 Å². The minimum atomic E-state index is 1.15. The fraction of sp³-hybridized carbons (Fsp3) is 0.500. The molecule has 0 fully saturated rings. The summed E-state index contributed by atoms with van der Waals surface area (Å²) in [6, 6.07) is 4.16. The Labute approximate surface area is 74.2 Å². The minimum absolute atomic E-state index is 1.15. The monoisotopic (exact) mass is 164 g/mol. The van der Waals surface area contributed by atoms with Crippen molar-refractivity contribution in [2.45, 2.75) is 12.8 Å². The third kappa shape index (κ3) is 3.49. The van der Waals surface area contributed by atoms with Crippen LogP contribution in [0.1, 0.15) is 12.0 Å². The van der Waals surface area contributed by atoms with Crippen molar-refractivity contribution in [2.24, 2.45) is 0 Å². The first kappa shape index (κ1) is 9.20. The average Bonchev–Trinajstić information content (AvgIpc) is 2.05. The Morgan fingerprint density at radius 1 is 1.25 bits per heavy atom. The lowest BCUT2D eigenvalue weighted by Crippen LogP contribution is -2.13.